The monoisotopic (exact) mass is 363 g/mol. The van der Waals surface area contributed by atoms with Gasteiger partial charge in [-0.05, 0) is 26.8 Å². The van der Waals surface area contributed by atoms with E-state index in [0.29, 0.717) is 17.5 Å². The zero-order valence-corrected chi connectivity index (χ0v) is 13.8. The summed E-state index contributed by atoms with van der Waals surface area (Å²) in [6, 6.07) is 2.35. The quantitative estimate of drug-likeness (QED) is 0.572. The van der Waals surface area contributed by atoms with Gasteiger partial charge in [-0.25, -0.2) is 9.97 Å². The Kier molecular flexibility index (Phi) is 4.91. The molecule has 0 atom stereocenters. The van der Waals surface area contributed by atoms with Gasteiger partial charge in [0.1, 0.15) is 5.56 Å². The van der Waals surface area contributed by atoms with E-state index in [1.54, 1.807) is 19.9 Å². The molecule has 0 spiro atoms. The van der Waals surface area contributed by atoms with Crippen LogP contribution in [0.25, 0.3) is 0 Å². The number of anilines is 2. The number of hydrogen-bond acceptors (Lipinski definition) is 10. The molecule has 2 rings (SSSR count). The van der Waals surface area contributed by atoms with Gasteiger partial charge in [-0.1, -0.05) is 0 Å². The Hall–Kier alpha value is -3.90. The number of nitrogens with one attached hydrogen (secondary N) is 2. The van der Waals surface area contributed by atoms with Crippen molar-refractivity contribution in [2.45, 2.75) is 20.8 Å². The fraction of sp³-hybridized carbons (Fsp3) is 0.231. The zero-order valence-electron chi connectivity index (χ0n) is 13.8. The molecule has 2 aromatic rings. The minimum absolute atomic E-state index is 0.0297. The molecule has 13 nitrogen and oxygen atoms in total. The molecular weight excluding hydrogens is 350 g/mol. The third-order valence-electron chi connectivity index (χ3n) is 3.36. The van der Waals surface area contributed by atoms with Crippen molar-refractivity contribution in [1.29, 1.82) is 0 Å². The van der Waals surface area contributed by atoms with Gasteiger partial charge in [0.05, 0.1) is 20.8 Å². The number of hydrazine groups is 1. The maximum absolute atomic E-state index is 11.4. The van der Waals surface area contributed by atoms with E-state index < -0.39 is 37.5 Å². The van der Waals surface area contributed by atoms with E-state index in [2.05, 4.69) is 20.8 Å². The van der Waals surface area contributed by atoms with Crippen LogP contribution in [0.15, 0.2) is 12.1 Å². The maximum Gasteiger partial charge on any atom is 0.311 e. The van der Waals surface area contributed by atoms with Gasteiger partial charge in [0.2, 0.25) is 11.6 Å². The Morgan fingerprint density at radius 2 is 1.35 bits per heavy atom. The summed E-state index contributed by atoms with van der Waals surface area (Å²) in [5, 5.41) is 33.7. The molecule has 0 aliphatic heterocycles. The summed E-state index contributed by atoms with van der Waals surface area (Å²) in [5.41, 5.74) is 2.80. The van der Waals surface area contributed by atoms with Gasteiger partial charge >= 0.3 is 11.4 Å². The van der Waals surface area contributed by atoms with Gasteiger partial charge in [-0.3, -0.25) is 41.2 Å². The normalized spacial score (nSPS) is 10.3. The number of aryl methyl sites for hydroxylation is 2. The molecule has 0 unspecified atom stereocenters. The fourth-order valence-electron chi connectivity index (χ4n) is 2.33. The van der Waals surface area contributed by atoms with E-state index in [-0.39, 0.29) is 11.5 Å². The summed E-state index contributed by atoms with van der Waals surface area (Å²) in [6.45, 7) is 4.53. The first-order chi connectivity index (χ1) is 12.1. The minimum atomic E-state index is -0.953. The van der Waals surface area contributed by atoms with Crippen molar-refractivity contribution >= 4 is 28.7 Å². The van der Waals surface area contributed by atoms with Crippen LogP contribution >= 0.6 is 0 Å². The Balaban J connectivity index is 2.58. The summed E-state index contributed by atoms with van der Waals surface area (Å²) in [4.78, 5) is 38.9. The van der Waals surface area contributed by atoms with Crippen LogP contribution in [-0.2, 0) is 0 Å². The van der Waals surface area contributed by atoms with Crippen LogP contribution < -0.4 is 10.9 Å². The number of nitro benzene ring substituents is 3. The lowest BCUT2D eigenvalue weighted by molar-refractivity contribution is -0.402. The standard InChI is InChI=1S/C13H13N7O6/c1-6-4-7(2)15-13(14-6)17-16-11-10(19(23)24)5-9(18(21)22)8(3)12(11)20(25)26/h4-5,16H,1-3H3,(H,14,15,17). The molecule has 0 saturated heterocycles. The SMILES string of the molecule is Cc1cc(C)nc(NNc2c([N+](=O)[O-])cc([N+](=O)[O-])c(C)c2[N+](=O)[O-])n1. The smallest absolute Gasteiger partial charge is 0.286 e. The Morgan fingerprint density at radius 3 is 1.81 bits per heavy atom. The lowest BCUT2D eigenvalue weighted by Gasteiger charge is -2.11. The molecule has 2 N–H and O–H groups in total. The van der Waals surface area contributed by atoms with Gasteiger partial charge in [0, 0.05) is 11.4 Å². The third-order valence-corrected chi connectivity index (χ3v) is 3.36. The van der Waals surface area contributed by atoms with Gasteiger partial charge in [-0.2, -0.15) is 0 Å². The predicted octanol–water partition coefficient (Wildman–Crippen LogP) is 2.57. The summed E-state index contributed by atoms with van der Waals surface area (Å²) in [5.74, 6) is 0.0297. The van der Waals surface area contributed by atoms with Crippen LogP contribution in [0.1, 0.15) is 17.0 Å². The molecule has 1 aromatic carbocycles. The lowest BCUT2D eigenvalue weighted by Crippen LogP contribution is -2.16. The van der Waals surface area contributed by atoms with E-state index >= 15 is 0 Å². The maximum atomic E-state index is 11.4. The lowest BCUT2D eigenvalue weighted by atomic mass is 10.1. The highest BCUT2D eigenvalue weighted by Crippen LogP contribution is 2.41. The van der Waals surface area contributed by atoms with Crippen LogP contribution in [0.4, 0.5) is 28.7 Å². The highest BCUT2D eigenvalue weighted by molar-refractivity contribution is 5.81. The van der Waals surface area contributed by atoms with E-state index in [9.17, 15) is 30.3 Å². The number of benzene rings is 1. The van der Waals surface area contributed by atoms with Crippen molar-refractivity contribution in [3.63, 3.8) is 0 Å². The summed E-state index contributed by atoms with van der Waals surface area (Å²) < 4.78 is 0. The second-order valence-electron chi connectivity index (χ2n) is 5.26. The van der Waals surface area contributed by atoms with Crippen molar-refractivity contribution in [3.8, 4) is 0 Å². The Bertz CT molecular complexity index is 909. The number of nitro groups is 3. The molecule has 0 radical (unpaired) electrons. The molecule has 0 fully saturated rings. The molecule has 0 aliphatic carbocycles. The molecule has 0 bridgehead atoms. The van der Waals surface area contributed by atoms with E-state index in [0.717, 1.165) is 6.92 Å². The number of aromatic nitrogens is 2. The zero-order chi connectivity index (χ0) is 19.6. The van der Waals surface area contributed by atoms with Crippen molar-refractivity contribution in [1.82, 2.24) is 9.97 Å². The van der Waals surface area contributed by atoms with Crippen molar-refractivity contribution in [3.05, 3.63) is 59.4 Å². The van der Waals surface area contributed by atoms with Crippen LogP contribution in [0.5, 0.6) is 0 Å². The average molecular weight is 363 g/mol. The van der Waals surface area contributed by atoms with Crippen molar-refractivity contribution in [2.75, 3.05) is 10.9 Å². The molecule has 0 saturated carbocycles. The van der Waals surface area contributed by atoms with Crippen LogP contribution in [0.2, 0.25) is 0 Å². The first-order valence-corrected chi connectivity index (χ1v) is 7.07. The highest BCUT2D eigenvalue weighted by Gasteiger charge is 2.34. The molecule has 26 heavy (non-hydrogen) atoms. The fourth-order valence-corrected chi connectivity index (χ4v) is 2.33. The molecule has 136 valence electrons. The third kappa shape index (κ3) is 3.61. The second kappa shape index (κ2) is 6.92. The van der Waals surface area contributed by atoms with Gasteiger partial charge in [0.15, 0.2) is 0 Å². The van der Waals surface area contributed by atoms with Crippen LogP contribution in [0.3, 0.4) is 0 Å². The minimum Gasteiger partial charge on any atom is -0.286 e. The van der Waals surface area contributed by atoms with E-state index in [1.807, 2.05) is 0 Å². The first-order valence-electron chi connectivity index (χ1n) is 7.07. The molecule has 1 aromatic heterocycles. The van der Waals surface area contributed by atoms with Gasteiger partial charge in [-0.15, -0.1) is 0 Å². The highest BCUT2D eigenvalue weighted by atomic mass is 16.6. The first kappa shape index (κ1) is 18.4. The van der Waals surface area contributed by atoms with E-state index in [4.69, 9.17) is 0 Å². The average Bonchev–Trinajstić information content (AvgIpc) is 2.50. The van der Waals surface area contributed by atoms with Crippen LogP contribution in [0, 0.1) is 51.1 Å². The van der Waals surface area contributed by atoms with Gasteiger partial charge in [0.25, 0.3) is 5.69 Å². The topological polar surface area (TPSA) is 179 Å². The largest absolute Gasteiger partial charge is 0.311 e. The summed E-state index contributed by atoms with van der Waals surface area (Å²) in [6.07, 6.45) is 0. The Labute approximate surface area is 145 Å². The van der Waals surface area contributed by atoms with Crippen LogP contribution in [-0.4, -0.2) is 24.7 Å². The predicted molar refractivity (Wildman–Crippen MR) is 89.9 cm³/mol. The Morgan fingerprint density at radius 1 is 0.808 bits per heavy atom. The molecule has 13 heteroatoms. The van der Waals surface area contributed by atoms with Crippen molar-refractivity contribution < 1.29 is 14.8 Å². The van der Waals surface area contributed by atoms with Crippen molar-refractivity contribution in [2.24, 2.45) is 0 Å². The number of nitrogens with zero attached hydrogens (tertiary/aromatic N) is 5. The summed E-state index contributed by atoms with van der Waals surface area (Å²) in [7, 11) is 0. The molecular formula is C13H13N7O6. The number of hydrogen-bond donors (Lipinski definition) is 2. The molecule has 1 heterocycles. The van der Waals surface area contributed by atoms with Gasteiger partial charge < -0.3 is 0 Å². The van der Waals surface area contributed by atoms with E-state index in [1.165, 1.54) is 0 Å². The molecule has 0 amide bonds. The number of rotatable bonds is 6. The summed E-state index contributed by atoms with van der Waals surface area (Å²) >= 11 is 0. The molecule has 0 aliphatic rings. The second-order valence-corrected chi connectivity index (χ2v) is 5.26.